The molecule has 22 heavy (non-hydrogen) atoms. The summed E-state index contributed by atoms with van der Waals surface area (Å²) in [5.41, 5.74) is 0. The van der Waals surface area contributed by atoms with E-state index in [0.717, 1.165) is 32.5 Å². The normalized spacial score (nSPS) is 15.0. The predicted octanol–water partition coefficient (Wildman–Crippen LogP) is 5.84. The lowest BCUT2D eigenvalue weighted by molar-refractivity contribution is -0.0480. The Bertz CT molecular complexity index is 284. The summed E-state index contributed by atoms with van der Waals surface area (Å²) in [5, 5.41) is 0. The first-order valence-electron chi connectivity index (χ1n) is 9.62. The first-order valence-corrected chi connectivity index (χ1v) is 9.62. The summed E-state index contributed by atoms with van der Waals surface area (Å²) in [4.78, 5) is 0. The molecule has 0 spiro atoms. The molecule has 2 nitrogen and oxygen atoms in total. The van der Waals surface area contributed by atoms with Crippen LogP contribution in [0.15, 0.2) is 0 Å². The molecule has 0 atom stereocenters. The van der Waals surface area contributed by atoms with Crippen molar-refractivity contribution in [3.63, 3.8) is 0 Å². The second-order valence-corrected chi connectivity index (χ2v) is 6.35. The zero-order valence-corrected chi connectivity index (χ0v) is 14.7. The highest BCUT2D eigenvalue weighted by atomic mass is 16.7. The first-order chi connectivity index (χ1) is 10.9. The van der Waals surface area contributed by atoms with Crippen LogP contribution in [-0.2, 0) is 9.47 Å². The third-order valence-corrected chi connectivity index (χ3v) is 4.21. The van der Waals surface area contributed by atoms with Crippen molar-refractivity contribution < 1.29 is 9.47 Å². The number of hydrogen-bond acceptors (Lipinski definition) is 2. The summed E-state index contributed by atoms with van der Waals surface area (Å²) in [6, 6.07) is 0. The van der Waals surface area contributed by atoms with Crippen molar-refractivity contribution in [1.29, 1.82) is 0 Å². The Morgan fingerprint density at radius 1 is 0.682 bits per heavy atom. The Hall–Kier alpha value is -0.520. The Morgan fingerprint density at radius 3 is 1.77 bits per heavy atom. The molecule has 2 heteroatoms. The molecule has 1 heterocycles. The van der Waals surface area contributed by atoms with E-state index >= 15 is 0 Å². The summed E-state index contributed by atoms with van der Waals surface area (Å²) in [6.07, 6.45) is 18.1. The zero-order chi connectivity index (χ0) is 15.7. The van der Waals surface area contributed by atoms with Crippen LogP contribution in [0.2, 0.25) is 0 Å². The van der Waals surface area contributed by atoms with Crippen LogP contribution in [0.5, 0.6) is 0 Å². The molecule has 0 N–H and O–H groups in total. The van der Waals surface area contributed by atoms with Crippen molar-refractivity contribution in [2.45, 2.75) is 103 Å². The van der Waals surface area contributed by atoms with Gasteiger partial charge in [-0.15, -0.1) is 11.8 Å². The molecule has 0 saturated carbocycles. The molecule has 0 aromatic heterocycles. The van der Waals surface area contributed by atoms with Gasteiger partial charge < -0.3 is 9.47 Å². The SMILES string of the molecule is CCCCC#CCCCCCCCCCCCC1OCCO1. The van der Waals surface area contributed by atoms with Crippen molar-refractivity contribution in [3.05, 3.63) is 0 Å². The molecule has 1 saturated heterocycles. The minimum atomic E-state index is 0.102. The van der Waals surface area contributed by atoms with Crippen LogP contribution in [0, 0.1) is 11.8 Å². The summed E-state index contributed by atoms with van der Waals surface area (Å²) in [6.45, 7) is 3.80. The van der Waals surface area contributed by atoms with Crippen LogP contribution in [0.4, 0.5) is 0 Å². The van der Waals surface area contributed by atoms with Crippen LogP contribution in [-0.4, -0.2) is 19.5 Å². The highest BCUT2D eigenvalue weighted by Gasteiger charge is 2.14. The van der Waals surface area contributed by atoms with Crippen molar-refractivity contribution in [1.82, 2.24) is 0 Å². The second kappa shape index (κ2) is 15.4. The monoisotopic (exact) mass is 308 g/mol. The fourth-order valence-electron chi connectivity index (χ4n) is 2.78. The molecule has 0 unspecified atom stereocenters. The molecular formula is C20H36O2. The van der Waals surface area contributed by atoms with Crippen LogP contribution in [0.3, 0.4) is 0 Å². The lowest BCUT2D eigenvalue weighted by atomic mass is 10.1. The van der Waals surface area contributed by atoms with Crippen molar-refractivity contribution in [2.75, 3.05) is 13.2 Å². The minimum absolute atomic E-state index is 0.102. The topological polar surface area (TPSA) is 18.5 Å². The van der Waals surface area contributed by atoms with E-state index in [4.69, 9.17) is 9.47 Å². The van der Waals surface area contributed by atoms with Crippen LogP contribution in [0.25, 0.3) is 0 Å². The van der Waals surface area contributed by atoms with Crippen molar-refractivity contribution in [3.8, 4) is 11.8 Å². The smallest absolute Gasteiger partial charge is 0.157 e. The van der Waals surface area contributed by atoms with E-state index in [0.29, 0.717) is 0 Å². The fourth-order valence-corrected chi connectivity index (χ4v) is 2.78. The molecule has 0 aromatic carbocycles. The quantitative estimate of drug-likeness (QED) is 0.314. The van der Waals surface area contributed by atoms with E-state index in [1.807, 2.05) is 0 Å². The molecule has 0 amide bonds. The number of ether oxygens (including phenoxy) is 2. The largest absolute Gasteiger partial charge is 0.350 e. The zero-order valence-electron chi connectivity index (χ0n) is 14.7. The average Bonchev–Trinajstić information content (AvgIpc) is 3.04. The Morgan fingerprint density at radius 2 is 1.18 bits per heavy atom. The predicted molar refractivity (Wildman–Crippen MR) is 93.8 cm³/mol. The fraction of sp³-hybridized carbons (Fsp3) is 0.900. The molecular weight excluding hydrogens is 272 g/mol. The van der Waals surface area contributed by atoms with Gasteiger partial charge in [-0.3, -0.25) is 0 Å². The van der Waals surface area contributed by atoms with Gasteiger partial charge in [-0.05, 0) is 25.7 Å². The molecule has 0 aromatic rings. The highest BCUT2D eigenvalue weighted by molar-refractivity contribution is 4.98. The van der Waals surface area contributed by atoms with Crippen LogP contribution >= 0.6 is 0 Å². The lowest BCUT2D eigenvalue weighted by Crippen LogP contribution is -2.06. The lowest BCUT2D eigenvalue weighted by Gasteiger charge is -2.08. The van der Waals surface area contributed by atoms with E-state index in [-0.39, 0.29) is 6.29 Å². The van der Waals surface area contributed by atoms with Crippen LogP contribution < -0.4 is 0 Å². The molecule has 1 aliphatic rings. The van der Waals surface area contributed by atoms with Crippen molar-refractivity contribution >= 4 is 0 Å². The van der Waals surface area contributed by atoms with Gasteiger partial charge in [-0.25, -0.2) is 0 Å². The first kappa shape index (κ1) is 19.5. The molecule has 0 radical (unpaired) electrons. The van der Waals surface area contributed by atoms with Gasteiger partial charge in [0.25, 0.3) is 0 Å². The van der Waals surface area contributed by atoms with E-state index in [1.54, 1.807) is 0 Å². The van der Waals surface area contributed by atoms with Gasteiger partial charge in [0.05, 0.1) is 13.2 Å². The standard InChI is InChI=1S/C20H36O2/c1-2-3-4-5-6-7-8-9-10-11-12-13-14-15-16-17-20-21-18-19-22-20/h20H,2-4,7-19H2,1H3. The number of unbranched alkanes of at least 4 members (excludes halogenated alkanes) is 11. The maximum atomic E-state index is 5.44. The Kier molecular flexibility index (Phi) is 13.6. The summed E-state index contributed by atoms with van der Waals surface area (Å²) < 4.78 is 10.9. The maximum absolute atomic E-state index is 5.44. The van der Waals surface area contributed by atoms with E-state index < -0.39 is 0 Å². The van der Waals surface area contributed by atoms with Gasteiger partial charge in [-0.2, -0.15) is 0 Å². The Labute approximate surface area is 138 Å². The maximum Gasteiger partial charge on any atom is 0.157 e. The Balaban J connectivity index is 1.70. The third kappa shape index (κ3) is 12.1. The van der Waals surface area contributed by atoms with E-state index in [9.17, 15) is 0 Å². The molecule has 128 valence electrons. The minimum Gasteiger partial charge on any atom is -0.350 e. The highest BCUT2D eigenvalue weighted by Crippen LogP contribution is 2.15. The summed E-state index contributed by atoms with van der Waals surface area (Å²) in [7, 11) is 0. The summed E-state index contributed by atoms with van der Waals surface area (Å²) >= 11 is 0. The molecule has 1 fully saturated rings. The number of hydrogen-bond donors (Lipinski definition) is 0. The average molecular weight is 309 g/mol. The molecule has 0 aliphatic carbocycles. The molecule has 1 rings (SSSR count). The van der Waals surface area contributed by atoms with Gasteiger partial charge >= 0.3 is 0 Å². The molecule has 0 bridgehead atoms. The van der Waals surface area contributed by atoms with Gasteiger partial charge in [0, 0.05) is 12.8 Å². The van der Waals surface area contributed by atoms with Gasteiger partial charge in [0.1, 0.15) is 0 Å². The van der Waals surface area contributed by atoms with E-state index in [2.05, 4.69) is 18.8 Å². The summed E-state index contributed by atoms with van der Waals surface area (Å²) in [5.74, 6) is 6.57. The second-order valence-electron chi connectivity index (χ2n) is 6.35. The third-order valence-electron chi connectivity index (χ3n) is 4.21. The van der Waals surface area contributed by atoms with Gasteiger partial charge in [0.15, 0.2) is 6.29 Å². The molecule has 1 aliphatic heterocycles. The van der Waals surface area contributed by atoms with E-state index in [1.165, 1.54) is 70.6 Å². The van der Waals surface area contributed by atoms with Crippen molar-refractivity contribution in [2.24, 2.45) is 0 Å². The number of rotatable bonds is 13. The van der Waals surface area contributed by atoms with Gasteiger partial charge in [0.2, 0.25) is 0 Å². The van der Waals surface area contributed by atoms with Gasteiger partial charge in [-0.1, -0.05) is 58.3 Å². The van der Waals surface area contributed by atoms with Crippen LogP contribution in [0.1, 0.15) is 96.8 Å².